The predicted octanol–water partition coefficient (Wildman–Crippen LogP) is 3.66. The molecule has 1 aliphatic carbocycles. The van der Waals surface area contributed by atoms with Gasteiger partial charge in [0, 0.05) is 6.54 Å². The second kappa shape index (κ2) is 5.63. The Hall–Kier alpha value is -0.890. The van der Waals surface area contributed by atoms with E-state index in [0.29, 0.717) is 0 Å². The van der Waals surface area contributed by atoms with Crippen LogP contribution in [0.15, 0.2) is 18.2 Å². The molecule has 0 amide bonds. The van der Waals surface area contributed by atoms with Crippen LogP contribution < -0.4 is 5.32 Å². The van der Waals surface area contributed by atoms with Gasteiger partial charge in [0.1, 0.15) is 5.82 Å². The molecule has 2 rings (SSSR count). The molecule has 2 heteroatoms. The third-order valence-corrected chi connectivity index (χ3v) is 4.00. The molecule has 2 unspecified atom stereocenters. The average Bonchev–Trinajstić information content (AvgIpc) is 2.70. The van der Waals surface area contributed by atoms with Crippen molar-refractivity contribution in [2.45, 2.75) is 39.7 Å². The van der Waals surface area contributed by atoms with Gasteiger partial charge in [-0.1, -0.05) is 31.9 Å². The molecule has 1 nitrogen and oxygen atoms in total. The summed E-state index contributed by atoms with van der Waals surface area (Å²) in [5.41, 5.74) is 1.91. The molecule has 1 saturated carbocycles. The van der Waals surface area contributed by atoms with Crippen molar-refractivity contribution in [1.29, 1.82) is 0 Å². The minimum atomic E-state index is -0.113. The maximum Gasteiger partial charge on any atom is 0.126 e. The highest BCUT2D eigenvalue weighted by Gasteiger charge is 2.22. The normalized spacial score (nSPS) is 24.2. The number of nitrogens with one attached hydrogen (secondary N) is 1. The number of rotatable bonds is 4. The Balaban J connectivity index is 1.79. The van der Waals surface area contributed by atoms with E-state index in [1.54, 1.807) is 6.07 Å². The van der Waals surface area contributed by atoms with Crippen molar-refractivity contribution in [2.75, 3.05) is 6.54 Å². The van der Waals surface area contributed by atoms with Crippen molar-refractivity contribution in [1.82, 2.24) is 5.32 Å². The van der Waals surface area contributed by atoms with Crippen LogP contribution in [0.3, 0.4) is 0 Å². The second-order valence-corrected chi connectivity index (χ2v) is 5.38. The van der Waals surface area contributed by atoms with Crippen LogP contribution >= 0.6 is 0 Å². The second-order valence-electron chi connectivity index (χ2n) is 5.38. The summed E-state index contributed by atoms with van der Waals surface area (Å²) in [4.78, 5) is 0. The molecule has 0 radical (unpaired) electrons. The highest BCUT2D eigenvalue weighted by atomic mass is 19.1. The Bertz CT molecular complexity index is 375. The predicted molar refractivity (Wildman–Crippen MR) is 69.3 cm³/mol. The first-order valence-electron chi connectivity index (χ1n) is 6.62. The molecule has 0 aromatic heterocycles. The van der Waals surface area contributed by atoms with Crippen LogP contribution in [0.25, 0.3) is 0 Å². The van der Waals surface area contributed by atoms with Gasteiger partial charge in [0.15, 0.2) is 0 Å². The summed E-state index contributed by atoms with van der Waals surface area (Å²) in [5.74, 6) is 1.58. The van der Waals surface area contributed by atoms with Gasteiger partial charge in [0.05, 0.1) is 0 Å². The summed E-state index contributed by atoms with van der Waals surface area (Å²) in [6, 6.07) is 5.36. The van der Waals surface area contributed by atoms with E-state index in [4.69, 9.17) is 0 Å². The fraction of sp³-hybridized carbons (Fsp3) is 0.600. The van der Waals surface area contributed by atoms with Crippen molar-refractivity contribution in [3.63, 3.8) is 0 Å². The lowest BCUT2D eigenvalue weighted by atomic mass is 9.98. The SMILES string of the molecule is Cc1cc(CNCC2CCCC2C)ccc1F. The topological polar surface area (TPSA) is 12.0 Å². The van der Waals surface area contributed by atoms with Crippen LogP contribution in [0.2, 0.25) is 0 Å². The van der Waals surface area contributed by atoms with E-state index >= 15 is 0 Å². The highest BCUT2D eigenvalue weighted by Crippen LogP contribution is 2.30. The number of halogens is 1. The summed E-state index contributed by atoms with van der Waals surface area (Å²) in [5, 5.41) is 3.50. The molecule has 1 fully saturated rings. The molecule has 1 aromatic rings. The molecule has 1 aromatic carbocycles. The lowest BCUT2D eigenvalue weighted by molar-refractivity contribution is 0.392. The molecular formula is C15H22FN. The zero-order valence-corrected chi connectivity index (χ0v) is 10.8. The molecule has 1 N–H and O–H groups in total. The van der Waals surface area contributed by atoms with Crippen molar-refractivity contribution in [3.05, 3.63) is 35.1 Å². The van der Waals surface area contributed by atoms with Crippen LogP contribution in [0, 0.1) is 24.6 Å². The van der Waals surface area contributed by atoms with Crippen LogP contribution in [0.4, 0.5) is 4.39 Å². The standard InChI is InChI=1S/C15H22FN/c1-11-4-3-5-14(11)10-17-9-13-6-7-15(16)12(2)8-13/h6-8,11,14,17H,3-5,9-10H2,1-2H3. The van der Waals surface area contributed by atoms with Crippen molar-refractivity contribution < 1.29 is 4.39 Å². The van der Waals surface area contributed by atoms with Gasteiger partial charge in [0.25, 0.3) is 0 Å². The van der Waals surface area contributed by atoms with E-state index in [0.717, 1.165) is 30.5 Å². The molecule has 17 heavy (non-hydrogen) atoms. The van der Waals surface area contributed by atoms with Gasteiger partial charge in [-0.3, -0.25) is 0 Å². The molecule has 0 spiro atoms. The maximum atomic E-state index is 13.1. The third kappa shape index (κ3) is 3.29. The van der Waals surface area contributed by atoms with Crippen LogP contribution in [-0.2, 0) is 6.54 Å². The van der Waals surface area contributed by atoms with Gasteiger partial charge in [-0.2, -0.15) is 0 Å². The minimum absolute atomic E-state index is 0.113. The van der Waals surface area contributed by atoms with Gasteiger partial charge in [-0.05, 0) is 48.9 Å². The monoisotopic (exact) mass is 235 g/mol. The molecule has 0 bridgehead atoms. The van der Waals surface area contributed by atoms with E-state index in [9.17, 15) is 4.39 Å². The summed E-state index contributed by atoms with van der Waals surface area (Å²) in [7, 11) is 0. The minimum Gasteiger partial charge on any atom is -0.312 e. The summed E-state index contributed by atoms with van der Waals surface area (Å²) >= 11 is 0. The Morgan fingerprint density at radius 2 is 2.18 bits per heavy atom. The Labute approximate surface area is 103 Å². The van der Waals surface area contributed by atoms with Gasteiger partial charge in [0.2, 0.25) is 0 Å². The maximum absolute atomic E-state index is 13.1. The summed E-state index contributed by atoms with van der Waals surface area (Å²) < 4.78 is 13.1. The largest absolute Gasteiger partial charge is 0.312 e. The molecule has 0 saturated heterocycles. The van der Waals surface area contributed by atoms with E-state index in [2.05, 4.69) is 12.2 Å². The Kier molecular flexibility index (Phi) is 4.16. The quantitative estimate of drug-likeness (QED) is 0.839. The Morgan fingerprint density at radius 3 is 2.82 bits per heavy atom. The van der Waals surface area contributed by atoms with E-state index in [1.165, 1.54) is 24.8 Å². The first-order valence-corrected chi connectivity index (χ1v) is 6.62. The van der Waals surface area contributed by atoms with Gasteiger partial charge in [-0.25, -0.2) is 4.39 Å². The summed E-state index contributed by atoms with van der Waals surface area (Å²) in [6.45, 7) is 6.11. The molecule has 94 valence electrons. The Morgan fingerprint density at radius 1 is 1.35 bits per heavy atom. The van der Waals surface area contributed by atoms with Gasteiger partial charge < -0.3 is 5.32 Å². The number of hydrogen-bond donors (Lipinski definition) is 1. The zero-order chi connectivity index (χ0) is 12.3. The average molecular weight is 235 g/mol. The van der Waals surface area contributed by atoms with E-state index in [1.807, 2.05) is 19.1 Å². The first-order chi connectivity index (χ1) is 8.16. The molecule has 0 aliphatic heterocycles. The molecule has 1 aliphatic rings. The van der Waals surface area contributed by atoms with Crippen molar-refractivity contribution in [2.24, 2.45) is 11.8 Å². The fourth-order valence-electron chi connectivity index (χ4n) is 2.74. The van der Waals surface area contributed by atoms with Crippen molar-refractivity contribution in [3.8, 4) is 0 Å². The van der Waals surface area contributed by atoms with Crippen molar-refractivity contribution >= 4 is 0 Å². The van der Waals surface area contributed by atoms with Crippen LogP contribution in [0.5, 0.6) is 0 Å². The van der Waals surface area contributed by atoms with E-state index in [-0.39, 0.29) is 5.82 Å². The zero-order valence-electron chi connectivity index (χ0n) is 10.8. The molecule has 0 heterocycles. The van der Waals surface area contributed by atoms with Crippen LogP contribution in [0.1, 0.15) is 37.3 Å². The van der Waals surface area contributed by atoms with Crippen LogP contribution in [-0.4, -0.2) is 6.54 Å². The van der Waals surface area contributed by atoms with Gasteiger partial charge >= 0.3 is 0 Å². The highest BCUT2D eigenvalue weighted by molar-refractivity contribution is 5.23. The number of benzene rings is 1. The fourth-order valence-corrected chi connectivity index (χ4v) is 2.74. The smallest absolute Gasteiger partial charge is 0.126 e. The number of hydrogen-bond acceptors (Lipinski definition) is 1. The first kappa shape index (κ1) is 12.6. The lowest BCUT2D eigenvalue weighted by Crippen LogP contribution is -2.24. The number of aryl methyl sites for hydroxylation is 1. The van der Waals surface area contributed by atoms with Gasteiger partial charge in [-0.15, -0.1) is 0 Å². The third-order valence-electron chi connectivity index (χ3n) is 4.00. The van der Waals surface area contributed by atoms with E-state index < -0.39 is 0 Å². The molecule has 2 atom stereocenters. The molecular weight excluding hydrogens is 213 g/mol. The lowest BCUT2D eigenvalue weighted by Gasteiger charge is -2.16. The summed E-state index contributed by atoms with van der Waals surface area (Å²) in [6.07, 6.45) is 4.11.